The lowest BCUT2D eigenvalue weighted by Crippen LogP contribution is -2.37. The summed E-state index contributed by atoms with van der Waals surface area (Å²) in [5, 5.41) is 3.92. The Morgan fingerprint density at radius 1 is 1.00 bits per heavy atom. The van der Waals surface area contributed by atoms with E-state index in [9.17, 15) is 0 Å². The van der Waals surface area contributed by atoms with Gasteiger partial charge < -0.3 is 19.9 Å². The number of hydrogen-bond acceptors (Lipinski definition) is 7. The third-order valence-electron chi connectivity index (χ3n) is 4.72. The third-order valence-corrected chi connectivity index (χ3v) is 5.05. The molecule has 1 aliphatic heterocycles. The molecule has 0 spiro atoms. The van der Waals surface area contributed by atoms with Crippen LogP contribution in [0.1, 0.15) is 0 Å². The van der Waals surface area contributed by atoms with Crippen LogP contribution in [0.4, 0.5) is 17.6 Å². The van der Waals surface area contributed by atoms with Gasteiger partial charge in [0, 0.05) is 31.0 Å². The Labute approximate surface area is 171 Å². The molecule has 0 saturated carbocycles. The summed E-state index contributed by atoms with van der Waals surface area (Å²) in [6, 6.07) is 11.3. The molecule has 0 amide bonds. The van der Waals surface area contributed by atoms with E-state index >= 15 is 0 Å². The number of ether oxygens (including phenoxy) is 1. The first kappa shape index (κ1) is 17.8. The van der Waals surface area contributed by atoms with E-state index in [1.807, 2.05) is 36.4 Å². The van der Waals surface area contributed by atoms with Gasteiger partial charge in [-0.2, -0.15) is 4.98 Å². The predicted molar refractivity (Wildman–Crippen MR) is 113 cm³/mol. The zero-order valence-corrected chi connectivity index (χ0v) is 16.2. The zero-order chi connectivity index (χ0) is 19.6. The Morgan fingerprint density at radius 2 is 1.83 bits per heavy atom. The molecule has 3 aromatic heterocycles. The molecule has 0 bridgehead atoms. The molecule has 1 aromatic carbocycles. The number of nitrogens with one attached hydrogen (secondary N) is 2. The number of halogens is 1. The van der Waals surface area contributed by atoms with Crippen LogP contribution in [0.25, 0.3) is 22.4 Å². The van der Waals surface area contributed by atoms with Crippen LogP contribution in [0.15, 0.2) is 48.8 Å². The van der Waals surface area contributed by atoms with E-state index in [1.165, 1.54) is 0 Å². The summed E-state index contributed by atoms with van der Waals surface area (Å²) in [6.45, 7) is 2.92. The lowest BCUT2D eigenvalue weighted by atomic mass is 10.2. The molecular weight excluding hydrogens is 390 g/mol. The molecule has 29 heavy (non-hydrogen) atoms. The fourth-order valence-corrected chi connectivity index (χ4v) is 3.49. The van der Waals surface area contributed by atoms with Gasteiger partial charge in [-0.3, -0.25) is 0 Å². The number of morpholine rings is 1. The maximum absolute atomic E-state index is 6.33. The summed E-state index contributed by atoms with van der Waals surface area (Å²) in [4.78, 5) is 23.6. The minimum absolute atomic E-state index is 0.639. The van der Waals surface area contributed by atoms with E-state index in [4.69, 9.17) is 16.3 Å². The normalized spacial score (nSPS) is 14.3. The fourth-order valence-electron chi connectivity index (χ4n) is 3.27. The van der Waals surface area contributed by atoms with Crippen LogP contribution in [-0.2, 0) is 4.74 Å². The van der Waals surface area contributed by atoms with Crippen LogP contribution in [0, 0.1) is 0 Å². The van der Waals surface area contributed by atoms with Gasteiger partial charge in [0.15, 0.2) is 5.82 Å². The van der Waals surface area contributed by atoms with Crippen molar-refractivity contribution in [2.75, 3.05) is 36.5 Å². The summed E-state index contributed by atoms with van der Waals surface area (Å²) in [5.74, 6) is 2.67. The summed E-state index contributed by atoms with van der Waals surface area (Å²) in [7, 11) is 0. The van der Waals surface area contributed by atoms with Crippen molar-refractivity contribution in [2.45, 2.75) is 0 Å². The lowest BCUT2D eigenvalue weighted by Gasteiger charge is -2.26. The molecule has 1 saturated heterocycles. The summed E-state index contributed by atoms with van der Waals surface area (Å²) in [5.41, 5.74) is 2.42. The highest BCUT2D eigenvalue weighted by Crippen LogP contribution is 2.29. The van der Waals surface area contributed by atoms with Crippen molar-refractivity contribution in [1.29, 1.82) is 0 Å². The Morgan fingerprint density at radius 3 is 2.69 bits per heavy atom. The second kappa shape index (κ2) is 7.65. The van der Waals surface area contributed by atoms with Gasteiger partial charge in [-0.05, 0) is 24.3 Å². The second-order valence-electron chi connectivity index (χ2n) is 6.59. The molecule has 8 nitrogen and oxygen atoms in total. The number of pyridine rings is 1. The van der Waals surface area contributed by atoms with E-state index in [0.717, 1.165) is 29.7 Å². The minimum atomic E-state index is 0.639. The smallest absolute Gasteiger partial charge is 0.227 e. The van der Waals surface area contributed by atoms with E-state index in [0.29, 0.717) is 41.6 Å². The molecule has 4 heterocycles. The summed E-state index contributed by atoms with van der Waals surface area (Å²) in [6.07, 6.45) is 3.45. The Hall–Kier alpha value is -3.23. The quantitative estimate of drug-likeness (QED) is 0.533. The van der Waals surface area contributed by atoms with Crippen LogP contribution in [0.3, 0.4) is 0 Å². The van der Waals surface area contributed by atoms with Gasteiger partial charge in [-0.1, -0.05) is 23.7 Å². The van der Waals surface area contributed by atoms with Crippen molar-refractivity contribution in [2.24, 2.45) is 0 Å². The fraction of sp³-hybridized carbons (Fsp3) is 0.200. The van der Waals surface area contributed by atoms with Crippen LogP contribution in [0.2, 0.25) is 5.02 Å². The number of fused-ring (bicyclic) bond motifs is 1. The summed E-state index contributed by atoms with van der Waals surface area (Å²) >= 11 is 6.33. The second-order valence-corrected chi connectivity index (χ2v) is 6.99. The summed E-state index contributed by atoms with van der Waals surface area (Å²) < 4.78 is 5.40. The van der Waals surface area contributed by atoms with Gasteiger partial charge in [0.2, 0.25) is 5.95 Å². The van der Waals surface area contributed by atoms with Gasteiger partial charge in [-0.15, -0.1) is 0 Å². The van der Waals surface area contributed by atoms with E-state index in [-0.39, 0.29) is 0 Å². The Bertz CT molecular complexity index is 1160. The highest BCUT2D eigenvalue weighted by atomic mass is 35.5. The van der Waals surface area contributed by atoms with Crippen LogP contribution in [-0.4, -0.2) is 51.2 Å². The number of H-pyrrole nitrogens is 1. The van der Waals surface area contributed by atoms with Crippen LogP contribution in [0.5, 0.6) is 0 Å². The standard InChI is InChI=1S/C20H18ClN7O/c21-14-4-2-1-3-13(14)18-24-15-5-7-22-19(17(15)27-18)25-16-6-8-23-20(26-16)28-9-11-29-12-10-28/h1-8H,9-12H2,(H,24,27)(H,22,23,25,26). The lowest BCUT2D eigenvalue weighted by molar-refractivity contribution is 0.122. The molecule has 2 N–H and O–H groups in total. The molecule has 0 atom stereocenters. The van der Waals surface area contributed by atoms with E-state index < -0.39 is 0 Å². The maximum Gasteiger partial charge on any atom is 0.227 e. The van der Waals surface area contributed by atoms with Gasteiger partial charge in [-0.25, -0.2) is 15.0 Å². The molecule has 0 unspecified atom stereocenters. The number of rotatable bonds is 4. The molecule has 0 radical (unpaired) electrons. The highest BCUT2D eigenvalue weighted by molar-refractivity contribution is 6.33. The van der Waals surface area contributed by atoms with E-state index in [1.54, 1.807) is 12.4 Å². The molecule has 4 aromatic rings. The molecule has 1 aliphatic rings. The largest absolute Gasteiger partial charge is 0.378 e. The molecule has 0 aliphatic carbocycles. The van der Waals surface area contributed by atoms with Gasteiger partial charge in [0.25, 0.3) is 0 Å². The average Bonchev–Trinajstić information content (AvgIpc) is 3.20. The third kappa shape index (κ3) is 3.59. The topological polar surface area (TPSA) is 91.8 Å². The van der Waals surface area contributed by atoms with Gasteiger partial charge in [0.05, 0.1) is 23.8 Å². The first-order chi connectivity index (χ1) is 14.3. The molecular formula is C20H18ClN7O. The highest BCUT2D eigenvalue weighted by Gasteiger charge is 2.15. The van der Waals surface area contributed by atoms with Crippen LogP contribution >= 0.6 is 11.6 Å². The Balaban J connectivity index is 1.47. The number of nitrogens with zero attached hydrogens (tertiary/aromatic N) is 5. The van der Waals surface area contributed by atoms with Crippen molar-refractivity contribution in [1.82, 2.24) is 24.9 Å². The number of anilines is 3. The van der Waals surface area contributed by atoms with Crippen molar-refractivity contribution in [3.8, 4) is 11.4 Å². The van der Waals surface area contributed by atoms with E-state index in [2.05, 4.69) is 35.1 Å². The van der Waals surface area contributed by atoms with Crippen molar-refractivity contribution in [3.63, 3.8) is 0 Å². The van der Waals surface area contributed by atoms with Gasteiger partial charge in [0.1, 0.15) is 17.2 Å². The monoisotopic (exact) mass is 407 g/mol. The molecule has 9 heteroatoms. The first-order valence-corrected chi connectivity index (χ1v) is 9.68. The minimum Gasteiger partial charge on any atom is -0.378 e. The predicted octanol–water partition coefficient (Wildman–Crippen LogP) is 3.65. The Kier molecular flexibility index (Phi) is 4.71. The average molecular weight is 408 g/mol. The molecule has 1 fully saturated rings. The van der Waals surface area contributed by atoms with Crippen molar-refractivity contribution >= 4 is 40.2 Å². The number of aromatic amines is 1. The zero-order valence-electron chi connectivity index (χ0n) is 15.5. The molecule has 5 rings (SSSR count). The number of benzene rings is 1. The maximum atomic E-state index is 6.33. The molecule has 146 valence electrons. The number of aromatic nitrogens is 5. The first-order valence-electron chi connectivity index (χ1n) is 9.30. The van der Waals surface area contributed by atoms with Gasteiger partial charge >= 0.3 is 0 Å². The van der Waals surface area contributed by atoms with Crippen LogP contribution < -0.4 is 10.2 Å². The van der Waals surface area contributed by atoms with Crippen molar-refractivity contribution < 1.29 is 4.74 Å². The number of hydrogen-bond donors (Lipinski definition) is 2. The van der Waals surface area contributed by atoms with Crippen molar-refractivity contribution in [3.05, 3.63) is 53.8 Å². The SMILES string of the molecule is Clc1ccccc1-c1nc2ccnc(Nc3ccnc(N4CCOCC4)n3)c2[nH]1. The number of imidazole rings is 1.